The molecule has 0 atom stereocenters. The van der Waals surface area contributed by atoms with Crippen molar-refractivity contribution in [1.82, 2.24) is 0 Å². The fraction of sp³-hybridized carbons (Fsp3) is 0.176. The quantitative estimate of drug-likeness (QED) is 0.460. The zero-order valence-corrected chi connectivity index (χ0v) is 12.3. The number of ether oxygens (including phenoxy) is 2. The smallest absolute Gasteiger partial charge is 0.493 e. The Hall–Kier alpha value is -3.02. The van der Waals surface area contributed by atoms with Gasteiger partial charge in [0, 0.05) is 6.42 Å². The van der Waals surface area contributed by atoms with Crippen LogP contribution in [0.25, 0.3) is 11.1 Å². The Bertz CT molecular complexity index is 681. The summed E-state index contributed by atoms with van der Waals surface area (Å²) < 4.78 is 10.5. The number of benzene rings is 2. The molecule has 23 heavy (non-hydrogen) atoms. The molecule has 120 valence electrons. The molecule has 0 aromatic heterocycles. The molecule has 0 aliphatic carbocycles. The van der Waals surface area contributed by atoms with E-state index in [0.717, 1.165) is 5.56 Å². The summed E-state index contributed by atoms with van der Waals surface area (Å²) in [5.41, 5.74) is 1.27. The minimum absolute atomic E-state index is 0.00594. The van der Waals surface area contributed by atoms with Gasteiger partial charge in [0.05, 0.1) is 12.2 Å². The van der Waals surface area contributed by atoms with E-state index in [1.165, 1.54) is 0 Å². The molecule has 2 N–H and O–H groups in total. The van der Waals surface area contributed by atoms with Crippen molar-refractivity contribution in [3.8, 4) is 22.6 Å². The van der Waals surface area contributed by atoms with Gasteiger partial charge in [-0.05, 0) is 24.1 Å². The maximum absolute atomic E-state index is 10.9. The Morgan fingerprint density at radius 2 is 1.61 bits per heavy atom. The lowest BCUT2D eigenvalue weighted by Crippen LogP contribution is -2.06. The van der Waals surface area contributed by atoms with Crippen LogP contribution < -0.4 is 9.47 Å². The molecule has 0 saturated carbocycles. The molecule has 0 amide bonds. The highest BCUT2D eigenvalue weighted by molar-refractivity contribution is 5.79. The highest BCUT2D eigenvalue weighted by Crippen LogP contribution is 2.38. The van der Waals surface area contributed by atoms with Gasteiger partial charge in [-0.15, -0.1) is 0 Å². The lowest BCUT2D eigenvalue weighted by Gasteiger charge is -2.14. The molecule has 0 unspecified atom stereocenters. The molecule has 0 heterocycles. The summed E-state index contributed by atoms with van der Waals surface area (Å²) in [7, 11) is 0. The summed E-state index contributed by atoms with van der Waals surface area (Å²) in [6.07, 6.45) is -1.05. The molecule has 0 fully saturated rings. The van der Waals surface area contributed by atoms with Gasteiger partial charge >= 0.3 is 12.1 Å². The van der Waals surface area contributed by atoms with Gasteiger partial charge in [-0.25, -0.2) is 4.79 Å². The first kappa shape index (κ1) is 16.4. The van der Waals surface area contributed by atoms with E-state index in [9.17, 15) is 9.59 Å². The van der Waals surface area contributed by atoms with E-state index < -0.39 is 12.1 Å². The zero-order valence-electron chi connectivity index (χ0n) is 12.3. The topological polar surface area (TPSA) is 93.1 Å². The third kappa shape index (κ3) is 4.74. The van der Waals surface area contributed by atoms with E-state index >= 15 is 0 Å². The van der Waals surface area contributed by atoms with Crippen LogP contribution in [0, 0.1) is 0 Å². The largest absolute Gasteiger partial charge is 0.511 e. The first-order chi connectivity index (χ1) is 11.1. The number of rotatable bonds is 7. The summed E-state index contributed by atoms with van der Waals surface area (Å²) in [6.45, 7) is 0.211. The molecule has 0 radical (unpaired) electrons. The van der Waals surface area contributed by atoms with Gasteiger partial charge in [-0.2, -0.15) is 0 Å². The molecule has 0 aliphatic heterocycles. The van der Waals surface area contributed by atoms with E-state index in [0.29, 0.717) is 17.7 Å². The van der Waals surface area contributed by atoms with Crippen molar-refractivity contribution < 1.29 is 29.3 Å². The molecule has 0 aliphatic rings. The van der Waals surface area contributed by atoms with Gasteiger partial charge < -0.3 is 19.7 Å². The van der Waals surface area contributed by atoms with E-state index in [-0.39, 0.29) is 18.8 Å². The van der Waals surface area contributed by atoms with Crippen molar-refractivity contribution in [2.75, 3.05) is 6.61 Å². The van der Waals surface area contributed by atoms with Crippen LogP contribution in [-0.2, 0) is 4.79 Å². The molecule has 0 spiro atoms. The Morgan fingerprint density at radius 3 is 2.26 bits per heavy atom. The fourth-order valence-corrected chi connectivity index (χ4v) is 2.11. The van der Waals surface area contributed by atoms with Gasteiger partial charge in [-0.3, -0.25) is 4.79 Å². The summed E-state index contributed by atoms with van der Waals surface area (Å²) >= 11 is 0. The normalized spacial score (nSPS) is 10.1. The van der Waals surface area contributed by atoms with Gasteiger partial charge in [0.2, 0.25) is 0 Å². The van der Waals surface area contributed by atoms with Crippen LogP contribution >= 0.6 is 0 Å². The first-order valence-electron chi connectivity index (χ1n) is 7.01. The van der Waals surface area contributed by atoms with Gasteiger partial charge in [0.15, 0.2) is 0 Å². The van der Waals surface area contributed by atoms with E-state index in [4.69, 9.17) is 19.7 Å². The molecule has 6 heteroatoms. The summed E-state index contributed by atoms with van der Waals surface area (Å²) in [5, 5.41) is 17.5. The number of carbonyl (C=O) groups is 2. The van der Waals surface area contributed by atoms with Crippen LogP contribution in [0.15, 0.2) is 48.5 Å². The molecule has 2 rings (SSSR count). The average Bonchev–Trinajstić information content (AvgIpc) is 2.52. The molecule has 2 aromatic carbocycles. The monoisotopic (exact) mass is 316 g/mol. The van der Waals surface area contributed by atoms with Crippen LogP contribution in [0.4, 0.5) is 4.79 Å². The Morgan fingerprint density at radius 1 is 0.913 bits per heavy atom. The highest BCUT2D eigenvalue weighted by Gasteiger charge is 2.15. The van der Waals surface area contributed by atoms with Crippen LogP contribution in [0.5, 0.6) is 11.5 Å². The lowest BCUT2D eigenvalue weighted by molar-refractivity contribution is -0.137. The molecular formula is C17H16O6. The van der Waals surface area contributed by atoms with E-state index in [1.807, 2.05) is 30.3 Å². The number of hydrogen-bond acceptors (Lipinski definition) is 4. The van der Waals surface area contributed by atoms with Crippen LogP contribution in [0.3, 0.4) is 0 Å². The maximum Gasteiger partial charge on any atom is 0.511 e. The number of aliphatic carboxylic acids is 1. The average molecular weight is 316 g/mol. The minimum atomic E-state index is -1.41. The third-order valence-electron chi connectivity index (χ3n) is 3.04. The highest BCUT2D eigenvalue weighted by atomic mass is 16.7. The van der Waals surface area contributed by atoms with Crippen molar-refractivity contribution >= 4 is 12.1 Å². The number of carboxylic acids is 1. The van der Waals surface area contributed by atoms with Crippen molar-refractivity contribution in [1.29, 1.82) is 0 Å². The second-order valence-corrected chi connectivity index (χ2v) is 4.71. The second kappa shape index (κ2) is 7.84. The fourth-order valence-electron chi connectivity index (χ4n) is 2.11. The Kier molecular flexibility index (Phi) is 5.57. The van der Waals surface area contributed by atoms with E-state index in [2.05, 4.69) is 0 Å². The van der Waals surface area contributed by atoms with Crippen molar-refractivity contribution in [2.24, 2.45) is 0 Å². The molecule has 6 nitrogen and oxygen atoms in total. The third-order valence-corrected chi connectivity index (χ3v) is 3.04. The second-order valence-electron chi connectivity index (χ2n) is 4.71. The van der Waals surface area contributed by atoms with Crippen LogP contribution in [-0.4, -0.2) is 28.9 Å². The number of hydrogen-bond donors (Lipinski definition) is 2. The van der Waals surface area contributed by atoms with Gasteiger partial charge in [-0.1, -0.05) is 36.4 Å². The van der Waals surface area contributed by atoms with Crippen molar-refractivity contribution in [3.05, 3.63) is 48.5 Å². The first-order valence-corrected chi connectivity index (χ1v) is 7.01. The maximum atomic E-state index is 10.9. The zero-order chi connectivity index (χ0) is 16.7. The van der Waals surface area contributed by atoms with Crippen molar-refractivity contribution in [3.63, 3.8) is 0 Å². The lowest BCUT2D eigenvalue weighted by atomic mass is 10.0. The predicted octanol–water partition coefficient (Wildman–Crippen LogP) is 3.65. The molecule has 2 aromatic rings. The molecule has 0 saturated heterocycles. The minimum Gasteiger partial charge on any atom is -0.493 e. The summed E-state index contributed by atoms with van der Waals surface area (Å²) in [6, 6.07) is 14.0. The SMILES string of the molecule is O=C(O)CCCOc1cccc(OC(=O)O)c1-c1ccccc1. The predicted molar refractivity (Wildman–Crippen MR) is 82.9 cm³/mol. The Labute approximate surface area is 132 Å². The standard InChI is InChI=1S/C17H16O6/c18-15(19)10-5-11-22-13-8-4-9-14(23-17(20)21)16(13)12-6-2-1-3-7-12/h1-4,6-9H,5,10-11H2,(H,18,19)(H,20,21). The Balaban J connectivity index is 2.29. The van der Waals surface area contributed by atoms with Gasteiger partial charge in [0.25, 0.3) is 0 Å². The van der Waals surface area contributed by atoms with Crippen LogP contribution in [0.1, 0.15) is 12.8 Å². The van der Waals surface area contributed by atoms with Crippen molar-refractivity contribution in [2.45, 2.75) is 12.8 Å². The van der Waals surface area contributed by atoms with Crippen LogP contribution in [0.2, 0.25) is 0 Å². The van der Waals surface area contributed by atoms with Gasteiger partial charge in [0.1, 0.15) is 11.5 Å². The van der Waals surface area contributed by atoms with E-state index in [1.54, 1.807) is 18.2 Å². The molecular weight excluding hydrogens is 300 g/mol. The summed E-state index contributed by atoms with van der Waals surface area (Å²) in [5.74, 6) is -0.278. The molecule has 0 bridgehead atoms. The summed E-state index contributed by atoms with van der Waals surface area (Å²) in [4.78, 5) is 21.4. The number of carboxylic acid groups (broad SMARTS) is 2.